The van der Waals surface area contributed by atoms with E-state index >= 15 is 0 Å². The van der Waals surface area contributed by atoms with E-state index in [1.807, 2.05) is 0 Å². The monoisotopic (exact) mass is 260 g/mol. The number of benzene rings is 1. The number of carbonyl (C=O) groups excluding carboxylic acids is 1. The van der Waals surface area contributed by atoms with Crippen LogP contribution in [0.4, 0.5) is 13.2 Å². The van der Waals surface area contributed by atoms with Crippen LogP contribution in [-0.4, -0.2) is 16.9 Å². The van der Waals surface area contributed by atoms with Gasteiger partial charge in [-0.05, 0) is 12.1 Å². The van der Waals surface area contributed by atoms with Gasteiger partial charge in [0.1, 0.15) is 0 Å². The fraction of sp³-hybridized carbons (Fsp3) is 0.333. The predicted octanol–water partition coefficient (Wildman–Crippen LogP) is 3.00. The molecule has 0 unspecified atom stereocenters. The van der Waals surface area contributed by atoms with Crippen molar-refractivity contribution in [2.45, 2.75) is 19.5 Å². The molecule has 0 aromatic heterocycles. The number of aliphatic carboxylic acids is 1. The summed E-state index contributed by atoms with van der Waals surface area (Å²) >= 11 is 0. The standard InChI is InChI=1S/C12H11F3O3/c1-7(11(17)18)6-10(16)8-2-4-9(5-3-8)12(13,14)15/h2-5,7H,6H2,1H3,(H,17,18)/t7-/m1/s1. The molecule has 0 saturated carbocycles. The Hall–Kier alpha value is -1.85. The Balaban J connectivity index is 2.80. The summed E-state index contributed by atoms with van der Waals surface area (Å²) in [6.07, 6.45) is -4.68. The fourth-order valence-corrected chi connectivity index (χ4v) is 1.33. The first-order valence-corrected chi connectivity index (χ1v) is 5.15. The van der Waals surface area contributed by atoms with E-state index in [-0.39, 0.29) is 12.0 Å². The Morgan fingerprint density at radius 1 is 1.22 bits per heavy atom. The van der Waals surface area contributed by atoms with E-state index in [9.17, 15) is 22.8 Å². The summed E-state index contributed by atoms with van der Waals surface area (Å²) in [6.45, 7) is 1.37. The lowest BCUT2D eigenvalue weighted by Crippen LogP contribution is -2.15. The molecule has 0 fully saturated rings. The normalized spacial score (nSPS) is 13.1. The second kappa shape index (κ2) is 5.20. The van der Waals surface area contributed by atoms with Crippen molar-refractivity contribution in [3.05, 3.63) is 35.4 Å². The van der Waals surface area contributed by atoms with Crippen LogP contribution in [0, 0.1) is 5.92 Å². The molecule has 0 aliphatic heterocycles. The van der Waals surface area contributed by atoms with Crippen molar-refractivity contribution in [2.75, 3.05) is 0 Å². The second-order valence-electron chi connectivity index (χ2n) is 3.94. The van der Waals surface area contributed by atoms with E-state index in [1.54, 1.807) is 0 Å². The average molecular weight is 260 g/mol. The van der Waals surface area contributed by atoms with Gasteiger partial charge < -0.3 is 5.11 Å². The van der Waals surface area contributed by atoms with E-state index < -0.39 is 29.4 Å². The van der Waals surface area contributed by atoms with Crippen LogP contribution in [0.5, 0.6) is 0 Å². The van der Waals surface area contributed by atoms with Gasteiger partial charge >= 0.3 is 12.1 Å². The lowest BCUT2D eigenvalue weighted by Gasteiger charge is -2.08. The molecule has 1 rings (SSSR count). The first-order valence-electron chi connectivity index (χ1n) is 5.15. The molecule has 1 aromatic carbocycles. The SMILES string of the molecule is C[C@H](CC(=O)c1ccc(C(F)(F)F)cc1)C(=O)O. The third-order valence-electron chi connectivity index (χ3n) is 2.45. The summed E-state index contributed by atoms with van der Waals surface area (Å²) in [5.41, 5.74) is -0.763. The van der Waals surface area contributed by atoms with Crippen molar-refractivity contribution in [1.29, 1.82) is 0 Å². The quantitative estimate of drug-likeness (QED) is 0.846. The minimum Gasteiger partial charge on any atom is -0.481 e. The maximum Gasteiger partial charge on any atom is 0.416 e. The highest BCUT2D eigenvalue weighted by Gasteiger charge is 2.30. The van der Waals surface area contributed by atoms with E-state index in [2.05, 4.69) is 0 Å². The minimum atomic E-state index is -4.45. The molecule has 98 valence electrons. The smallest absolute Gasteiger partial charge is 0.416 e. The van der Waals surface area contributed by atoms with Crippen LogP contribution in [-0.2, 0) is 11.0 Å². The van der Waals surface area contributed by atoms with Gasteiger partial charge in [-0.25, -0.2) is 0 Å². The topological polar surface area (TPSA) is 54.4 Å². The highest BCUT2D eigenvalue weighted by molar-refractivity contribution is 5.97. The lowest BCUT2D eigenvalue weighted by atomic mass is 9.99. The number of carboxylic acids is 1. The third kappa shape index (κ3) is 3.58. The Kier molecular flexibility index (Phi) is 4.11. The van der Waals surface area contributed by atoms with Crippen molar-refractivity contribution in [3.63, 3.8) is 0 Å². The van der Waals surface area contributed by atoms with E-state index in [0.717, 1.165) is 24.3 Å². The van der Waals surface area contributed by atoms with Gasteiger partial charge in [-0.15, -0.1) is 0 Å². The molecule has 0 saturated heterocycles. The van der Waals surface area contributed by atoms with Gasteiger partial charge in [0.2, 0.25) is 0 Å². The van der Waals surface area contributed by atoms with Crippen LogP contribution >= 0.6 is 0 Å². The van der Waals surface area contributed by atoms with Gasteiger partial charge in [0.05, 0.1) is 11.5 Å². The highest BCUT2D eigenvalue weighted by atomic mass is 19.4. The Morgan fingerprint density at radius 3 is 2.11 bits per heavy atom. The van der Waals surface area contributed by atoms with Crippen molar-refractivity contribution in [1.82, 2.24) is 0 Å². The van der Waals surface area contributed by atoms with Crippen molar-refractivity contribution in [3.8, 4) is 0 Å². The minimum absolute atomic E-state index is 0.0797. The molecule has 0 heterocycles. The van der Waals surface area contributed by atoms with Gasteiger partial charge in [-0.2, -0.15) is 13.2 Å². The molecule has 3 nitrogen and oxygen atoms in total. The van der Waals surface area contributed by atoms with Gasteiger partial charge in [0.25, 0.3) is 0 Å². The summed E-state index contributed by atoms with van der Waals surface area (Å²) in [5.74, 6) is -2.46. The van der Waals surface area contributed by atoms with Crippen LogP contribution in [0.25, 0.3) is 0 Å². The molecule has 0 amide bonds. The number of halogens is 3. The number of carboxylic acid groups (broad SMARTS) is 1. The summed E-state index contributed by atoms with van der Waals surface area (Å²) in [7, 11) is 0. The highest BCUT2D eigenvalue weighted by Crippen LogP contribution is 2.29. The number of hydrogen-bond donors (Lipinski definition) is 1. The number of hydrogen-bond acceptors (Lipinski definition) is 2. The number of rotatable bonds is 4. The zero-order valence-corrected chi connectivity index (χ0v) is 9.49. The van der Waals surface area contributed by atoms with Gasteiger partial charge in [0.15, 0.2) is 5.78 Å². The van der Waals surface area contributed by atoms with Crippen molar-refractivity contribution < 1.29 is 27.9 Å². The summed E-state index contributed by atoms with van der Waals surface area (Å²) in [6, 6.07) is 3.72. The largest absolute Gasteiger partial charge is 0.481 e. The molecule has 0 aliphatic rings. The number of carbonyl (C=O) groups is 2. The lowest BCUT2D eigenvalue weighted by molar-refractivity contribution is -0.141. The number of alkyl halides is 3. The zero-order chi connectivity index (χ0) is 13.9. The summed E-state index contributed by atoms with van der Waals surface area (Å²) in [5, 5.41) is 8.63. The molecule has 6 heteroatoms. The first kappa shape index (κ1) is 14.2. The zero-order valence-electron chi connectivity index (χ0n) is 9.49. The van der Waals surface area contributed by atoms with Gasteiger partial charge in [-0.3, -0.25) is 9.59 Å². The van der Waals surface area contributed by atoms with E-state index in [0.29, 0.717) is 0 Å². The predicted molar refractivity (Wildman–Crippen MR) is 57.2 cm³/mol. The summed E-state index contributed by atoms with van der Waals surface area (Å²) < 4.78 is 36.8. The Bertz CT molecular complexity index is 449. The molecular formula is C12H11F3O3. The molecule has 0 spiro atoms. The Morgan fingerprint density at radius 2 is 1.72 bits per heavy atom. The molecule has 0 aliphatic carbocycles. The first-order chi connectivity index (χ1) is 8.21. The average Bonchev–Trinajstić information content (AvgIpc) is 2.27. The molecule has 1 atom stereocenters. The Labute approximate surface area is 101 Å². The van der Waals surface area contributed by atoms with Crippen LogP contribution in [0.15, 0.2) is 24.3 Å². The van der Waals surface area contributed by atoms with Gasteiger partial charge in [-0.1, -0.05) is 19.1 Å². The van der Waals surface area contributed by atoms with Crippen LogP contribution in [0.1, 0.15) is 29.3 Å². The molecule has 1 aromatic rings. The molecule has 1 N–H and O–H groups in total. The van der Waals surface area contributed by atoms with Crippen LogP contribution < -0.4 is 0 Å². The molecule has 0 bridgehead atoms. The number of ketones is 1. The van der Waals surface area contributed by atoms with E-state index in [1.165, 1.54) is 6.92 Å². The molecule has 0 radical (unpaired) electrons. The second-order valence-corrected chi connectivity index (χ2v) is 3.94. The maximum absolute atomic E-state index is 12.3. The van der Waals surface area contributed by atoms with Gasteiger partial charge in [0, 0.05) is 12.0 Å². The van der Waals surface area contributed by atoms with Crippen LogP contribution in [0.2, 0.25) is 0 Å². The third-order valence-corrected chi connectivity index (χ3v) is 2.45. The molecular weight excluding hydrogens is 249 g/mol. The van der Waals surface area contributed by atoms with Crippen molar-refractivity contribution >= 4 is 11.8 Å². The summed E-state index contributed by atoms with van der Waals surface area (Å²) in [4.78, 5) is 22.1. The van der Waals surface area contributed by atoms with Crippen LogP contribution in [0.3, 0.4) is 0 Å². The maximum atomic E-state index is 12.3. The van der Waals surface area contributed by atoms with E-state index in [4.69, 9.17) is 5.11 Å². The van der Waals surface area contributed by atoms with Crippen molar-refractivity contribution in [2.24, 2.45) is 5.92 Å². The molecule has 18 heavy (non-hydrogen) atoms. The number of Topliss-reactive ketones (excluding diaryl/α,β-unsaturated/α-hetero) is 1. The fourth-order valence-electron chi connectivity index (χ4n) is 1.33.